The lowest BCUT2D eigenvalue weighted by Crippen LogP contribution is -2.55. The monoisotopic (exact) mass is 309 g/mol. The topological polar surface area (TPSA) is 101 Å². The molecule has 2 aromatic rings. The molecule has 2 rings (SSSR count). The SMILES string of the molecule is COCC(C)(NC(=O)Cc1cccc2nsnc12)C(=O)O. The molecule has 0 spiro atoms. The van der Waals surface area contributed by atoms with E-state index in [1.807, 2.05) is 6.07 Å². The lowest BCUT2D eigenvalue weighted by Gasteiger charge is -2.25. The first-order chi connectivity index (χ1) is 9.96. The number of nitrogens with one attached hydrogen (secondary N) is 1. The fourth-order valence-corrected chi connectivity index (χ4v) is 2.54. The van der Waals surface area contributed by atoms with Crippen LogP contribution >= 0.6 is 11.7 Å². The van der Waals surface area contributed by atoms with Crippen molar-refractivity contribution >= 4 is 34.6 Å². The average Bonchev–Trinajstić information content (AvgIpc) is 2.88. The molecule has 1 amide bonds. The Labute approximate surface area is 125 Å². The fourth-order valence-electron chi connectivity index (χ4n) is 1.97. The molecule has 0 saturated carbocycles. The summed E-state index contributed by atoms with van der Waals surface area (Å²) >= 11 is 1.07. The number of aliphatic carboxylic acids is 1. The second-order valence-electron chi connectivity index (χ2n) is 4.84. The number of hydrogen-bond acceptors (Lipinski definition) is 6. The van der Waals surface area contributed by atoms with E-state index in [9.17, 15) is 14.7 Å². The number of nitrogens with zero attached hydrogens (tertiary/aromatic N) is 2. The first-order valence-electron chi connectivity index (χ1n) is 6.20. The molecule has 0 aliphatic rings. The van der Waals surface area contributed by atoms with Gasteiger partial charge in [0.25, 0.3) is 0 Å². The van der Waals surface area contributed by atoms with Gasteiger partial charge in [-0.3, -0.25) is 4.79 Å². The molecular weight excluding hydrogens is 294 g/mol. The van der Waals surface area contributed by atoms with E-state index >= 15 is 0 Å². The van der Waals surface area contributed by atoms with Crippen molar-refractivity contribution in [1.29, 1.82) is 0 Å². The minimum absolute atomic E-state index is 0.0370. The first-order valence-corrected chi connectivity index (χ1v) is 6.93. The molecule has 1 atom stereocenters. The van der Waals surface area contributed by atoms with Crippen LogP contribution < -0.4 is 5.32 Å². The van der Waals surface area contributed by atoms with Crippen LogP contribution in [0, 0.1) is 0 Å². The van der Waals surface area contributed by atoms with Crippen molar-refractivity contribution in [2.24, 2.45) is 0 Å². The zero-order chi connectivity index (χ0) is 15.5. The Hall–Kier alpha value is -2.06. The molecule has 21 heavy (non-hydrogen) atoms. The molecule has 2 N–H and O–H groups in total. The van der Waals surface area contributed by atoms with Gasteiger partial charge < -0.3 is 15.2 Å². The van der Waals surface area contributed by atoms with Gasteiger partial charge in [-0.1, -0.05) is 12.1 Å². The van der Waals surface area contributed by atoms with E-state index < -0.39 is 17.4 Å². The lowest BCUT2D eigenvalue weighted by molar-refractivity contribution is -0.149. The number of carbonyl (C=O) groups is 2. The Morgan fingerprint density at radius 2 is 2.19 bits per heavy atom. The molecule has 0 saturated heterocycles. The van der Waals surface area contributed by atoms with E-state index in [-0.39, 0.29) is 13.0 Å². The Kier molecular flexibility index (Phi) is 4.49. The molecule has 0 radical (unpaired) electrons. The van der Waals surface area contributed by atoms with E-state index in [0.717, 1.165) is 17.2 Å². The highest BCUT2D eigenvalue weighted by molar-refractivity contribution is 7.00. The molecule has 112 valence electrons. The molecular formula is C13H15N3O4S. The number of amides is 1. The zero-order valence-electron chi connectivity index (χ0n) is 11.6. The van der Waals surface area contributed by atoms with Crippen molar-refractivity contribution in [3.63, 3.8) is 0 Å². The number of methoxy groups -OCH3 is 1. The largest absolute Gasteiger partial charge is 0.479 e. The molecule has 1 unspecified atom stereocenters. The molecule has 1 aromatic heterocycles. The van der Waals surface area contributed by atoms with Crippen molar-refractivity contribution in [2.75, 3.05) is 13.7 Å². The number of benzene rings is 1. The molecule has 7 nitrogen and oxygen atoms in total. The van der Waals surface area contributed by atoms with Crippen LogP contribution in [-0.2, 0) is 20.7 Å². The maximum absolute atomic E-state index is 12.1. The Morgan fingerprint density at radius 1 is 1.43 bits per heavy atom. The lowest BCUT2D eigenvalue weighted by atomic mass is 10.0. The number of carbonyl (C=O) groups excluding carboxylic acids is 1. The summed E-state index contributed by atoms with van der Waals surface area (Å²) in [6.07, 6.45) is 0.0370. The van der Waals surface area contributed by atoms with Crippen molar-refractivity contribution < 1.29 is 19.4 Å². The number of hydrogen-bond donors (Lipinski definition) is 2. The second kappa shape index (κ2) is 6.15. The van der Waals surface area contributed by atoms with Crippen molar-refractivity contribution in [3.05, 3.63) is 23.8 Å². The van der Waals surface area contributed by atoms with Crippen LogP contribution in [0.1, 0.15) is 12.5 Å². The van der Waals surface area contributed by atoms with E-state index in [0.29, 0.717) is 11.1 Å². The van der Waals surface area contributed by atoms with E-state index in [2.05, 4.69) is 14.1 Å². The second-order valence-corrected chi connectivity index (χ2v) is 5.37. The predicted molar refractivity (Wildman–Crippen MR) is 77.2 cm³/mol. The quantitative estimate of drug-likeness (QED) is 0.820. The van der Waals surface area contributed by atoms with Gasteiger partial charge in [0, 0.05) is 7.11 Å². The van der Waals surface area contributed by atoms with E-state index in [4.69, 9.17) is 4.74 Å². The molecule has 0 aliphatic heterocycles. The summed E-state index contributed by atoms with van der Waals surface area (Å²) < 4.78 is 13.1. The smallest absolute Gasteiger partial charge is 0.331 e. The molecule has 8 heteroatoms. The standard InChI is InChI=1S/C13H15N3O4S/c1-13(7-20-2,12(18)19)14-10(17)6-8-4-3-5-9-11(8)16-21-15-9/h3-5H,6-7H2,1-2H3,(H,14,17)(H,18,19). The van der Waals surface area contributed by atoms with Crippen molar-refractivity contribution in [2.45, 2.75) is 18.9 Å². The van der Waals surface area contributed by atoms with Gasteiger partial charge in [-0.2, -0.15) is 8.75 Å². The van der Waals surface area contributed by atoms with Crippen molar-refractivity contribution in [3.8, 4) is 0 Å². The highest BCUT2D eigenvalue weighted by atomic mass is 32.1. The Bertz CT molecular complexity index is 672. The summed E-state index contributed by atoms with van der Waals surface area (Å²) in [7, 11) is 1.38. The first kappa shape index (κ1) is 15.3. The van der Waals surface area contributed by atoms with Gasteiger partial charge in [0.2, 0.25) is 5.91 Å². The summed E-state index contributed by atoms with van der Waals surface area (Å²) in [4.78, 5) is 23.4. The number of ether oxygens (including phenoxy) is 1. The maximum Gasteiger partial charge on any atom is 0.331 e. The summed E-state index contributed by atoms with van der Waals surface area (Å²) in [5, 5.41) is 11.7. The highest BCUT2D eigenvalue weighted by Gasteiger charge is 2.35. The van der Waals surface area contributed by atoms with Gasteiger partial charge in [-0.05, 0) is 18.6 Å². The Morgan fingerprint density at radius 3 is 2.86 bits per heavy atom. The molecule has 0 aliphatic carbocycles. The third kappa shape index (κ3) is 3.34. The number of rotatable bonds is 6. The molecule has 0 fully saturated rings. The normalized spacial score (nSPS) is 13.8. The van der Waals surface area contributed by atoms with Crippen LogP contribution in [0.25, 0.3) is 11.0 Å². The van der Waals surface area contributed by atoms with Crippen LogP contribution in [0.5, 0.6) is 0 Å². The molecule has 1 aromatic carbocycles. The van der Waals surface area contributed by atoms with E-state index in [1.165, 1.54) is 14.0 Å². The van der Waals surface area contributed by atoms with Gasteiger partial charge in [0.05, 0.1) is 24.8 Å². The summed E-state index contributed by atoms with van der Waals surface area (Å²) in [5.74, 6) is -1.55. The third-order valence-electron chi connectivity index (χ3n) is 3.04. The van der Waals surface area contributed by atoms with Crippen LogP contribution in [0.15, 0.2) is 18.2 Å². The maximum atomic E-state index is 12.1. The minimum atomic E-state index is -1.46. The van der Waals surface area contributed by atoms with Gasteiger partial charge in [-0.15, -0.1) is 0 Å². The van der Waals surface area contributed by atoms with Crippen LogP contribution in [0.3, 0.4) is 0 Å². The van der Waals surface area contributed by atoms with Crippen molar-refractivity contribution in [1.82, 2.24) is 14.1 Å². The predicted octanol–water partition coefficient (Wildman–Crippen LogP) is 0.840. The third-order valence-corrected chi connectivity index (χ3v) is 3.58. The summed E-state index contributed by atoms with van der Waals surface area (Å²) in [6.45, 7) is 1.29. The molecule has 0 bridgehead atoms. The number of carboxylic acids is 1. The van der Waals surface area contributed by atoms with E-state index in [1.54, 1.807) is 12.1 Å². The van der Waals surface area contributed by atoms with Crippen LogP contribution in [0.4, 0.5) is 0 Å². The fraction of sp³-hybridized carbons (Fsp3) is 0.385. The van der Waals surface area contributed by atoms with Gasteiger partial charge in [-0.25, -0.2) is 4.79 Å². The highest BCUT2D eigenvalue weighted by Crippen LogP contribution is 2.17. The van der Waals surface area contributed by atoms with Gasteiger partial charge in [0.1, 0.15) is 11.0 Å². The minimum Gasteiger partial charge on any atom is -0.479 e. The van der Waals surface area contributed by atoms with Crippen LogP contribution in [0.2, 0.25) is 0 Å². The number of aromatic nitrogens is 2. The molecule has 1 heterocycles. The summed E-state index contributed by atoms with van der Waals surface area (Å²) in [6, 6.07) is 5.38. The average molecular weight is 309 g/mol. The zero-order valence-corrected chi connectivity index (χ0v) is 12.4. The van der Waals surface area contributed by atoms with Crippen LogP contribution in [-0.4, -0.2) is 45.0 Å². The summed E-state index contributed by atoms with van der Waals surface area (Å²) in [5.41, 5.74) is 0.647. The number of fused-ring (bicyclic) bond motifs is 1. The number of carboxylic acid groups (broad SMARTS) is 1. The Balaban J connectivity index is 2.14. The van der Waals surface area contributed by atoms with Gasteiger partial charge >= 0.3 is 5.97 Å². The van der Waals surface area contributed by atoms with Gasteiger partial charge in [0.15, 0.2) is 5.54 Å².